The van der Waals surface area contributed by atoms with Gasteiger partial charge in [0.05, 0.1) is 18.7 Å². The van der Waals surface area contributed by atoms with E-state index in [4.69, 9.17) is 10.5 Å². The molecule has 2 aromatic carbocycles. The third-order valence-corrected chi connectivity index (χ3v) is 6.95. The number of aromatic nitrogens is 1. The lowest BCUT2D eigenvalue weighted by Gasteiger charge is -2.28. The Labute approximate surface area is 181 Å². The third kappa shape index (κ3) is 3.41. The molecule has 160 valence electrons. The van der Waals surface area contributed by atoms with Crippen molar-refractivity contribution < 1.29 is 14.6 Å². The number of likely N-dealkylation sites (tertiary alicyclic amines) is 1. The van der Waals surface area contributed by atoms with Gasteiger partial charge in [-0.15, -0.1) is 0 Å². The summed E-state index contributed by atoms with van der Waals surface area (Å²) in [4.78, 5) is 19.3. The molecular weight excluding hydrogens is 390 g/mol. The van der Waals surface area contributed by atoms with Crippen LogP contribution in [-0.2, 0) is 17.6 Å². The van der Waals surface area contributed by atoms with Crippen LogP contribution in [0, 0.1) is 5.41 Å². The maximum atomic E-state index is 13.0. The number of nitrogens with zero attached hydrogens (tertiary/aromatic N) is 2. The number of fused-ring (bicyclic) bond motifs is 2. The summed E-state index contributed by atoms with van der Waals surface area (Å²) >= 11 is 0. The maximum Gasteiger partial charge on any atom is 0.222 e. The van der Waals surface area contributed by atoms with Gasteiger partial charge in [0.25, 0.3) is 0 Å². The number of aliphatic hydroxyl groups is 1. The van der Waals surface area contributed by atoms with Crippen LogP contribution in [0.5, 0.6) is 5.75 Å². The van der Waals surface area contributed by atoms with E-state index in [1.54, 1.807) is 7.11 Å². The summed E-state index contributed by atoms with van der Waals surface area (Å²) in [6.07, 6.45) is 1.97. The van der Waals surface area contributed by atoms with Crippen molar-refractivity contribution in [3.8, 4) is 5.75 Å². The average molecular weight is 418 g/mol. The molecular formula is C25H27N3O3. The Kier molecular flexibility index (Phi) is 4.82. The third-order valence-electron chi connectivity index (χ3n) is 6.95. The maximum absolute atomic E-state index is 13.0. The molecule has 3 aromatic rings. The summed E-state index contributed by atoms with van der Waals surface area (Å²) in [5.41, 5.74) is 9.69. The Hall–Kier alpha value is -3.12. The Balaban J connectivity index is 1.27. The second-order valence-corrected chi connectivity index (χ2v) is 8.80. The van der Waals surface area contributed by atoms with E-state index in [-0.39, 0.29) is 11.3 Å². The van der Waals surface area contributed by atoms with Gasteiger partial charge in [0.1, 0.15) is 11.6 Å². The zero-order chi connectivity index (χ0) is 21.6. The van der Waals surface area contributed by atoms with Crippen LogP contribution in [0.25, 0.3) is 10.9 Å². The fourth-order valence-electron chi connectivity index (χ4n) is 5.17. The molecule has 2 aliphatic rings. The van der Waals surface area contributed by atoms with Gasteiger partial charge in [-0.25, -0.2) is 4.98 Å². The summed E-state index contributed by atoms with van der Waals surface area (Å²) in [5, 5.41) is 12.1. The number of nitrogens with two attached hydrogens (primary N) is 1. The lowest BCUT2D eigenvalue weighted by molar-refractivity contribution is -0.130. The number of carbonyl (C=O) groups excluding carboxylic acids is 1. The van der Waals surface area contributed by atoms with Gasteiger partial charge in [0, 0.05) is 30.3 Å². The van der Waals surface area contributed by atoms with E-state index in [1.165, 1.54) is 0 Å². The molecule has 2 heterocycles. The van der Waals surface area contributed by atoms with Crippen molar-refractivity contribution in [1.29, 1.82) is 0 Å². The number of pyridine rings is 1. The SMILES string of the molecule is COc1ccc2c(c1)[C@@H](O)[C@@]1(CCN(C(=O)CCc3cc4ccccc4nc3N)C1)C2. The van der Waals surface area contributed by atoms with E-state index in [0.717, 1.165) is 46.2 Å². The summed E-state index contributed by atoms with van der Waals surface area (Å²) in [6.45, 7) is 1.25. The van der Waals surface area contributed by atoms with Crippen molar-refractivity contribution in [2.75, 3.05) is 25.9 Å². The number of hydrogen-bond acceptors (Lipinski definition) is 5. The quantitative estimate of drug-likeness (QED) is 0.680. The lowest BCUT2D eigenvalue weighted by atomic mass is 9.82. The van der Waals surface area contributed by atoms with Gasteiger partial charge in [-0.1, -0.05) is 24.3 Å². The Morgan fingerprint density at radius 1 is 1.29 bits per heavy atom. The zero-order valence-corrected chi connectivity index (χ0v) is 17.7. The molecule has 6 heteroatoms. The number of para-hydroxylation sites is 1. The van der Waals surface area contributed by atoms with Crippen LogP contribution in [0.2, 0.25) is 0 Å². The van der Waals surface area contributed by atoms with Crippen LogP contribution in [-0.4, -0.2) is 41.1 Å². The number of amides is 1. The second-order valence-electron chi connectivity index (χ2n) is 8.80. The van der Waals surface area contributed by atoms with Crippen molar-refractivity contribution in [3.63, 3.8) is 0 Å². The molecule has 1 aliphatic heterocycles. The summed E-state index contributed by atoms with van der Waals surface area (Å²) < 4.78 is 5.32. The molecule has 1 aliphatic carbocycles. The molecule has 1 saturated heterocycles. The number of anilines is 1. The van der Waals surface area contributed by atoms with E-state index in [0.29, 0.717) is 31.7 Å². The van der Waals surface area contributed by atoms with Crippen molar-refractivity contribution in [3.05, 3.63) is 65.2 Å². The van der Waals surface area contributed by atoms with Crippen LogP contribution in [0.4, 0.5) is 5.82 Å². The van der Waals surface area contributed by atoms with Crippen molar-refractivity contribution in [2.24, 2.45) is 5.41 Å². The van der Waals surface area contributed by atoms with Gasteiger partial charge >= 0.3 is 0 Å². The normalized spacial score (nSPS) is 22.3. The number of aryl methyl sites for hydroxylation is 1. The number of rotatable bonds is 4. The molecule has 0 bridgehead atoms. The topological polar surface area (TPSA) is 88.7 Å². The molecule has 3 N–H and O–H groups in total. The number of nitrogen functional groups attached to an aromatic ring is 1. The first kappa shape index (κ1) is 19.8. The molecule has 0 radical (unpaired) electrons. The minimum atomic E-state index is -0.573. The van der Waals surface area contributed by atoms with Gasteiger partial charge < -0.3 is 20.5 Å². The number of carbonyl (C=O) groups is 1. The van der Waals surface area contributed by atoms with Gasteiger partial charge in [-0.05, 0) is 60.2 Å². The van der Waals surface area contributed by atoms with Crippen molar-refractivity contribution in [1.82, 2.24) is 9.88 Å². The first-order chi connectivity index (χ1) is 15.0. The average Bonchev–Trinajstić information content (AvgIpc) is 3.33. The van der Waals surface area contributed by atoms with E-state index >= 15 is 0 Å². The van der Waals surface area contributed by atoms with Crippen LogP contribution >= 0.6 is 0 Å². The predicted octanol–water partition coefficient (Wildman–Crippen LogP) is 3.27. The predicted molar refractivity (Wildman–Crippen MR) is 120 cm³/mol. The van der Waals surface area contributed by atoms with Crippen molar-refractivity contribution in [2.45, 2.75) is 31.8 Å². The highest BCUT2D eigenvalue weighted by Gasteiger charge is 2.50. The van der Waals surface area contributed by atoms with Crippen LogP contribution in [0.3, 0.4) is 0 Å². The van der Waals surface area contributed by atoms with Gasteiger partial charge in [0.15, 0.2) is 0 Å². The highest BCUT2D eigenvalue weighted by atomic mass is 16.5. The number of methoxy groups -OCH3 is 1. The summed E-state index contributed by atoms with van der Waals surface area (Å²) in [5.74, 6) is 1.34. The molecule has 1 aromatic heterocycles. The standard InChI is InChI=1S/C25H27N3O3/c1-31-19-8-6-18-14-25(23(30)20(18)13-19)10-11-28(15-25)22(29)9-7-17-12-16-4-2-3-5-21(16)27-24(17)26/h2-6,8,12-13,23,30H,7,9-11,14-15H2,1H3,(H2,26,27)/t23-,25+/m1/s1. The van der Waals surface area contributed by atoms with Crippen LogP contribution in [0.1, 0.15) is 35.6 Å². The van der Waals surface area contributed by atoms with Crippen LogP contribution < -0.4 is 10.5 Å². The molecule has 6 nitrogen and oxygen atoms in total. The molecule has 31 heavy (non-hydrogen) atoms. The monoisotopic (exact) mass is 417 g/mol. The van der Waals surface area contributed by atoms with E-state index in [9.17, 15) is 9.90 Å². The van der Waals surface area contributed by atoms with Gasteiger partial charge in [0.2, 0.25) is 5.91 Å². The Bertz CT molecular complexity index is 1160. The molecule has 5 rings (SSSR count). The summed E-state index contributed by atoms with van der Waals surface area (Å²) in [7, 11) is 1.63. The number of ether oxygens (including phenoxy) is 1. The number of hydrogen-bond donors (Lipinski definition) is 2. The molecule has 0 unspecified atom stereocenters. The summed E-state index contributed by atoms with van der Waals surface area (Å²) in [6, 6.07) is 15.8. The minimum absolute atomic E-state index is 0.102. The first-order valence-corrected chi connectivity index (χ1v) is 10.8. The largest absolute Gasteiger partial charge is 0.497 e. The highest BCUT2D eigenvalue weighted by Crippen LogP contribution is 2.51. The van der Waals surface area contributed by atoms with Crippen molar-refractivity contribution >= 4 is 22.6 Å². The molecule has 0 saturated carbocycles. The smallest absolute Gasteiger partial charge is 0.222 e. The molecule has 1 amide bonds. The molecule has 1 fully saturated rings. The lowest BCUT2D eigenvalue weighted by Crippen LogP contribution is -2.34. The molecule has 1 spiro atoms. The fourth-order valence-corrected chi connectivity index (χ4v) is 5.17. The fraction of sp³-hybridized carbons (Fsp3) is 0.360. The van der Waals surface area contributed by atoms with Crippen LogP contribution in [0.15, 0.2) is 48.5 Å². The first-order valence-electron chi connectivity index (χ1n) is 10.8. The van der Waals surface area contributed by atoms with Gasteiger partial charge in [-0.2, -0.15) is 0 Å². The van der Waals surface area contributed by atoms with Gasteiger partial charge in [-0.3, -0.25) is 4.79 Å². The Morgan fingerprint density at radius 3 is 2.97 bits per heavy atom. The van der Waals surface area contributed by atoms with E-state index in [1.807, 2.05) is 53.4 Å². The molecule has 2 atom stereocenters. The second kappa shape index (κ2) is 7.54. The highest BCUT2D eigenvalue weighted by molar-refractivity contribution is 5.82. The Morgan fingerprint density at radius 2 is 2.13 bits per heavy atom. The number of aliphatic hydroxyl groups excluding tert-OH is 1. The number of benzene rings is 2. The zero-order valence-electron chi connectivity index (χ0n) is 17.7. The van der Waals surface area contributed by atoms with E-state index < -0.39 is 6.10 Å². The van der Waals surface area contributed by atoms with E-state index in [2.05, 4.69) is 4.98 Å². The minimum Gasteiger partial charge on any atom is -0.497 e.